The fourth-order valence-corrected chi connectivity index (χ4v) is 2.49. The predicted octanol–water partition coefficient (Wildman–Crippen LogP) is 5.01. The first kappa shape index (κ1) is 15.8. The fraction of sp³-hybridized carbons (Fsp3) is 0.294. The van der Waals surface area contributed by atoms with E-state index in [1.807, 2.05) is 32.0 Å². The van der Waals surface area contributed by atoms with Crippen LogP contribution in [0.2, 0.25) is 0 Å². The standard InChI is InChI=1S/C17H18BrFO2/c1-3-20-16-6-4-5-13(10-18)17(16)21-11-14-9-15(19)8-7-12(14)2/h4-9H,3,10-11H2,1-2H3. The van der Waals surface area contributed by atoms with Gasteiger partial charge in [-0.15, -0.1) is 0 Å². The van der Waals surface area contributed by atoms with Crippen LogP contribution in [0.3, 0.4) is 0 Å². The van der Waals surface area contributed by atoms with E-state index in [4.69, 9.17) is 9.47 Å². The van der Waals surface area contributed by atoms with Crippen molar-refractivity contribution >= 4 is 15.9 Å². The maximum Gasteiger partial charge on any atom is 0.165 e. The van der Waals surface area contributed by atoms with E-state index in [1.165, 1.54) is 12.1 Å². The van der Waals surface area contributed by atoms with E-state index >= 15 is 0 Å². The molecule has 21 heavy (non-hydrogen) atoms. The molecule has 0 spiro atoms. The van der Waals surface area contributed by atoms with Gasteiger partial charge >= 0.3 is 0 Å². The van der Waals surface area contributed by atoms with E-state index < -0.39 is 0 Å². The minimum atomic E-state index is -0.252. The van der Waals surface area contributed by atoms with Crippen molar-refractivity contribution in [1.82, 2.24) is 0 Å². The second kappa shape index (κ2) is 7.46. The third kappa shape index (κ3) is 3.97. The lowest BCUT2D eigenvalue weighted by atomic mass is 10.1. The molecule has 0 saturated heterocycles. The molecule has 0 saturated carbocycles. The Labute approximate surface area is 133 Å². The molecule has 4 heteroatoms. The van der Waals surface area contributed by atoms with E-state index in [1.54, 1.807) is 6.07 Å². The Balaban J connectivity index is 2.24. The lowest BCUT2D eigenvalue weighted by Crippen LogP contribution is -2.03. The number of benzene rings is 2. The molecule has 2 aromatic carbocycles. The number of ether oxygens (including phenoxy) is 2. The largest absolute Gasteiger partial charge is 0.490 e. The molecule has 0 heterocycles. The monoisotopic (exact) mass is 352 g/mol. The molecule has 0 aliphatic rings. The molecule has 0 amide bonds. The van der Waals surface area contributed by atoms with E-state index in [-0.39, 0.29) is 5.82 Å². The Bertz CT molecular complexity index is 614. The zero-order valence-corrected chi connectivity index (χ0v) is 13.7. The Morgan fingerprint density at radius 1 is 1.10 bits per heavy atom. The molecule has 2 aromatic rings. The molecule has 0 bridgehead atoms. The van der Waals surface area contributed by atoms with Crippen molar-refractivity contribution in [2.75, 3.05) is 6.61 Å². The number of para-hydroxylation sites is 1. The topological polar surface area (TPSA) is 18.5 Å². The zero-order chi connectivity index (χ0) is 15.2. The van der Waals surface area contributed by atoms with E-state index in [0.717, 1.165) is 16.7 Å². The Morgan fingerprint density at radius 2 is 1.90 bits per heavy atom. The van der Waals surface area contributed by atoms with Crippen LogP contribution in [0.4, 0.5) is 4.39 Å². The number of alkyl halides is 1. The summed E-state index contributed by atoms with van der Waals surface area (Å²) in [5.74, 6) is 1.17. The Hall–Kier alpha value is -1.55. The lowest BCUT2D eigenvalue weighted by molar-refractivity contribution is 0.266. The number of hydrogen-bond donors (Lipinski definition) is 0. The molecule has 0 aliphatic carbocycles. The molecule has 2 rings (SSSR count). The highest BCUT2D eigenvalue weighted by molar-refractivity contribution is 9.08. The second-order valence-corrected chi connectivity index (χ2v) is 5.23. The summed E-state index contributed by atoms with van der Waals surface area (Å²) in [5, 5.41) is 0.672. The van der Waals surface area contributed by atoms with Crippen molar-refractivity contribution in [1.29, 1.82) is 0 Å². The van der Waals surface area contributed by atoms with Gasteiger partial charge in [0.1, 0.15) is 12.4 Å². The maximum atomic E-state index is 13.3. The molecule has 0 atom stereocenters. The summed E-state index contributed by atoms with van der Waals surface area (Å²) in [4.78, 5) is 0. The van der Waals surface area contributed by atoms with E-state index in [9.17, 15) is 4.39 Å². The van der Waals surface area contributed by atoms with E-state index in [0.29, 0.717) is 30.0 Å². The summed E-state index contributed by atoms with van der Waals surface area (Å²) in [5.41, 5.74) is 2.85. The highest BCUT2D eigenvalue weighted by Gasteiger charge is 2.11. The van der Waals surface area contributed by atoms with Crippen LogP contribution in [0.25, 0.3) is 0 Å². The minimum Gasteiger partial charge on any atom is -0.490 e. The first-order valence-electron chi connectivity index (χ1n) is 6.84. The normalized spacial score (nSPS) is 10.5. The zero-order valence-electron chi connectivity index (χ0n) is 12.2. The van der Waals surface area contributed by atoms with Gasteiger partial charge < -0.3 is 9.47 Å². The van der Waals surface area contributed by atoms with Gasteiger partial charge in [0.25, 0.3) is 0 Å². The van der Waals surface area contributed by atoms with Crippen LogP contribution in [0, 0.1) is 12.7 Å². The maximum absolute atomic E-state index is 13.3. The number of rotatable bonds is 6. The predicted molar refractivity (Wildman–Crippen MR) is 85.7 cm³/mol. The van der Waals surface area contributed by atoms with Gasteiger partial charge in [-0.3, -0.25) is 0 Å². The summed E-state index contributed by atoms with van der Waals surface area (Å²) in [7, 11) is 0. The average molecular weight is 353 g/mol. The fourth-order valence-electron chi connectivity index (χ4n) is 2.04. The summed E-state index contributed by atoms with van der Waals surface area (Å²) < 4.78 is 24.8. The van der Waals surface area contributed by atoms with Gasteiger partial charge in [-0.25, -0.2) is 4.39 Å². The van der Waals surface area contributed by atoms with Crippen molar-refractivity contribution in [3.8, 4) is 11.5 Å². The van der Waals surface area contributed by atoms with Crippen LogP contribution >= 0.6 is 15.9 Å². The molecular formula is C17H18BrFO2. The molecule has 0 N–H and O–H groups in total. The first-order chi connectivity index (χ1) is 10.2. The van der Waals surface area contributed by atoms with Crippen molar-refractivity contribution in [3.63, 3.8) is 0 Å². The highest BCUT2D eigenvalue weighted by Crippen LogP contribution is 2.33. The Kier molecular flexibility index (Phi) is 5.62. The van der Waals surface area contributed by atoms with Crippen LogP contribution in [0.5, 0.6) is 11.5 Å². The second-order valence-electron chi connectivity index (χ2n) is 4.67. The summed E-state index contributed by atoms with van der Waals surface area (Å²) >= 11 is 3.45. The molecule has 0 unspecified atom stereocenters. The minimum absolute atomic E-state index is 0.252. The summed E-state index contributed by atoms with van der Waals surface area (Å²) in [6, 6.07) is 10.5. The van der Waals surface area contributed by atoms with Crippen LogP contribution < -0.4 is 9.47 Å². The molecule has 0 radical (unpaired) electrons. The van der Waals surface area contributed by atoms with Gasteiger partial charge in [0.2, 0.25) is 0 Å². The SMILES string of the molecule is CCOc1cccc(CBr)c1OCc1cc(F)ccc1C. The van der Waals surface area contributed by atoms with Crippen molar-refractivity contribution < 1.29 is 13.9 Å². The number of aryl methyl sites for hydroxylation is 1. The number of halogens is 2. The third-order valence-corrected chi connectivity index (χ3v) is 3.79. The van der Waals surface area contributed by atoms with Crippen LogP contribution in [-0.2, 0) is 11.9 Å². The molecule has 0 aliphatic heterocycles. The number of hydrogen-bond acceptors (Lipinski definition) is 2. The third-order valence-electron chi connectivity index (χ3n) is 3.19. The van der Waals surface area contributed by atoms with Crippen molar-refractivity contribution in [2.24, 2.45) is 0 Å². The molecule has 0 aromatic heterocycles. The first-order valence-corrected chi connectivity index (χ1v) is 7.96. The Morgan fingerprint density at radius 3 is 2.62 bits per heavy atom. The van der Waals surface area contributed by atoms with Gasteiger partial charge in [0.05, 0.1) is 6.61 Å². The molecule has 2 nitrogen and oxygen atoms in total. The lowest BCUT2D eigenvalue weighted by Gasteiger charge is -2.16. The van der Waals surface area contributed by atoms with Gasteiger partial charge in [-0.1, -0.05) is 34.1 Å². The quantitative estimate of drug-likeness (QED) is 0.680. The highest BCUT2D eigenvalue weighted by atomic mass is 79.9. The smallest absolute Gasteiger partial charge is 0.165 e. The van der Waals surface area contributed by atoms with Gasteiger partial charge in [-0.05, 0) is 43.2 Å². The molecule has 112 valence electrons. The van der Waals surface area contributed by atoms with Crippen LogP contribution in [0.1, 0.15) is 23.6 Å². The van der Waals surface area contributed by atoms with E-state index in [2.05, 4.69) is 15.9 Å². The average Bonchev–Trinajstić information content (AvgIpc) is 2.49. The summed E-state index contributed by atoms with van der Waals surface area (Å²) in [6.45, 7) is 4.76. The van der Waals surface area contributed by atoms with Crippen molar-refractivity contribution in [3.05, 3.63) is 58.9 Å². The van der Waals surface area contributed by atoms with Crippen molar-refractivity contribution in [2.45, 2.75) is 25.8 Å². The van der Waals surface area contributed by atoms with Gasteiger partial charge in [0.15, 0.2) is 11.5 Å². The molecular weight excluding hydrogens is 335 g/mol. The van der Waals surface area contributed by atoms with Crippen LogP contribution in [-0.4, -0.2) is 6.61 Å². The van der Waals surface area contributed by atoms with Crippen LogP contribution in [0.15, 0.2) is 36.4 Å². The summed E-state index contributed by atoms with van der Waals surface area (Å²) in [6.07, 6.45) is 0. The molecule has 0 fully saturated rings. The van der Waals surface area contributed by atoms with Gasteiger partial charge in [-0.2, -0.15) is 0 Å². The van der Waals surface area contributed by atoms with Gasteiger partial charge in [0, 0.05) is 10.9 Å².